The summed E-state index contributed by atoms with van der Waals surface area (Å²) in [6.07, 6.45) is 7.84. The van der Waals surface area contributed by atoms with Gasteiger partial charge in [0, 0.05) is 36.7 Å². The van der Waals surface area contributed by atoms with Crippen LogP contribution in [0.3, 0.4) is 0 Å². The monoisotopic (exact) mass is 378 g/mol. The van der Waals surface area contributed by atoms with Gasteiger partial charge >= 0.3 is 0 Å². The summed E-state index contributed by atoms with van der Waals surface area (Å²) >= 11 is 0. The van der Waals surface area contributed by atoms with Crippen molar-refractivity contribution >= 4 is 28.4 Å². The summed E-state index contributed by atoms with van der Waals surface area (Å²) in [6, 6.07) is 4.69. The molecule has 3 aromatic rings. The third-order valence-corrected chi connectivity index (χ3v) is 5.49. The number of anilines is 2. The Morgan fingerprint density at radius 2 is 2.00 bits per heavy atom. The molecule has 2 unspecified atom stereocenters. The first-order chi connectivity index (χ1) is 13.6. The lowest BCUT2D eigenvalue weighted by atomic mass is 10.1. The highest BCUT2D eigenvalue weighted by Gasteiger charge is 2.39. The normalized spacial score (nSPS) is 21.3. The lowest BCUT2D eigenvalue weighted by Gasteiger charge is -2.36. The van der Waals surface area contributed by atoms with Gasteiger partial charge in [-0.05, 0) is 25.0 Å². The number of nitrogens with one attached hydrogen (secondary N) is 1. The van der Waals surface area contributed by atoms with Gasteiger partial charge in [0.25, 0.3) is 0 Å². The molecule has 28 heavy (non-hydrogen) atoms. The molecule has 5 heterocycles. The molecule has 0 aliphatic carbocycles. The number of rotatable bonds is 3. The minimum Gasteiger partial charge on any atom is -0.377 e. The third-order valence-electron chi connectivity index (χ3n) is 5.49. The molecular formula is C20H22N6O2. The molecule has 2 aliphatic heterocycles. The number of ether oxygens (including phenoxy) is 1. The molecule has 3 aromatic heterocycles. The fraction of sp³-hybridized carbons (Fsp3) is 0.400. The molecule has 144 valence electrons. The Balaban J connectivity index is 1.68. The first-order valence-corrected chi connectivity index (χ1v) is 9.52. The number of hydrogen-bond donors (Lipinski definition) is 1. The number of carbonyl (C=O) groups is 1. The Bertz CT molecular complexity index is 1050. The van der Waals surface area contributed by atoms with Gasteiger partial charge in [0.1, 0.15) is 11.6 Å². The second-order valence-electron chi connectivity index (χ2n) is 7.54. The van der Waals surface area contributed by atoms with Gasteiger partial charge in [-0.1, -0.05) is 0 Å². The highest BCUT2D eigenvalue weighted by atomic mass is 16.5. The predicted octanol–water partition coefficient (Wildman–Crippen LogP) is 2.36. The first-order valence-electron chi connectivity index (χ1n) is 9.52. The van der Waals surface area contributed by atoms with Crippen molar-refractivity contribution in [2.45, 2.75) is 31.8 Å². The number of aryl methyl sites for hydroxylation is 1. The van der Waals surface area contributed by atoms with Crippen molar-refractivity contribution in [2.24, 2.45) is 7.05 Å². The number of nitrogens with zero attached hydrogens (tertiary/aromatic N) is 5. The van der Waals surface area contributed by atoms with Gasteiger partial charge in [0.2, 0.25) is 5.91 Å². The van der Waals surface area contributed by atoms with Crippen LogP contribution in [-0.2, 0) is 16.6 Å². The fourth-order valence-corrected chi connectivity index (χ4v) is 4.26. The van der Waals surface area contributed by atoms with Crippen molar-refractivity contribution in [3.05, 3.63) is 30.7 Å². The number of hydrogen-bond acceptors (Lipinski definition) is 6. The quantitative estimate of drug-likeness (QED) is 0.753. The van der Waals surface area contributed by atoms with Crippen molar-refractivity contribution in [2.75, 3.05) is 23.4 Å². The van der Waals surface area contributed by atoms with Gasteiger partial charge in [0.15, 0.2) is 0 Å². The van der Waals surface area contributed by atoms with Crippen LogP contribution in [0.25, 0.3) is 22.0 Å². The summed E-state index contributed by atoms with van der Waals surface area (Å²) < 4.78 is 7.56. The van der Waals surface area contributed by atoms with Gasteiger partial charge in [-0.25, -0.2) is 9.97 Å². The van der Waals surface area contributed by atoms with E-state index in [0.717, 1.165) is 53.9 Å². The van der Waals surface area contributed by atoms with Crippen LogP contribution in [0.1, 0.15) is 19.8 Å². The van der Waals surface area contributed by atoms with Crippen molar-refractivity contribution in [1.82, 2.24) is 19.7 Å². The van der Waals surface area contributed by atoms with E-state index >= 15 is 0 Å². The molecule has 8 nitrogen and oxygen atoms in total. The van der Waals surface area contributed by atoms with Gasteiger partial charge in [-0.3, -0.25) is 9.48 Å². The van der Waals surface area contributed by atoms with E-state index in [-0.39, 0.29) is 5.91 Å². The summed E-state index contributed by atoms with van der Waals surface area (Å²) in [6.45, 7) is 2.95. The second kappa shape index (κ2) is 6.56. The van der Waals surface area contributed by atoms with Crippen LogP contribution in [0.5, 0.6) is 0 Å². The Hall–Kier alpha value is -3.00. The lowest BCUT2D eigenvalue weighted by molar-refractivity contribution is -0.114. The number of morpholine rings is 1. The van der Waals surface area contributed by atoms with Gasteiger partial charge in [0.05, 0.1) is 43.2 Å². The molecule has 0 spiro atoms. The highest BCUT2D eigenvalue weighted by molar-refractivity contribution is 5.93. The molecule has 1 N–H and O–H groups in total. The smallest absolute Gasteiger partial charge is 0.222 e. The Morgan fingerprint density at radius 3 is 2.68 bits per heavy atom. The zero-order chi connectivity index (χ0) is 19.3. The van der Waals surface area contributed by atoms with Crippen LogP contribution in [0.2, 0.25) is 0 Å². The standard InChI is InChI=1S/C20H22N6O2/c1-12(27)23-19-6-13-5-17(14-7-22-25(2)9-14)20(24-18(13)8-21-19)26-15-3-4-16(26)11-28-10-15/h5-9,15-16H,3-4,10-11H2,1-2H3,(H,21,23,27). The number of pyridine rings is 2. The molecule has 2 saturated heterocycles. The third kappa shape index (κ3) is 2.90. The van der Waals surface area contributed by atoms with Crippen molar-refractivity contribution < 1.29 is 9.53 Å². The van der Waals surface area contributed by atoms with Gasteiger partial charge in [-0.15, -0.1) is 0 Å². The molecule has 2 atom stereocenters. The van der Waals surface area contributed by atoms with Crippen LogP contribution < -0.4 is 10.2 Å². The fourth-order valence-electron chi connectivity index (χ4n) is 4.26. The maximum Gasteiger partial charge on any atom is 0.222 e. The molecule has 0 aromatic carbocycles. The van der Waals surface area contributed by atoms with Crippen LogP contribution in [0, 0.1) is 0 Å². The van der Waals surface area contributed by atoms with E-state index in [1.54, 1.807) is 10.9 Å². The molecule has 2 aliphatic rings. The van der Waals surface area contributed by atoms with E-state index in [4.69, 9.17) is 9.72 Å². The largest absolute Gasteiger partial charge is 0.377 e. The van der Waals surface area contributed by atoms with E-state index in [1.807, 2.05) is 25.5 Å². The maximum absolute atomic E-state index is 11.4. The topological polar surface area (TPSA) is 85.2 Å². The maximum atomic E-state index is 11.4. The van der Waals surface area contributed by atoms with E-state index in [2.05, 4.69) is 26.4 Å². The van der Waals surface area contributed by atoms with E-state index in [1.165, 1.54) is 6.92 Å². The van der Waals surface area contributed by atoms with Crippen LogP contribution >= 0.6 is 0 Å². The van der Waals surface area contributed by atoms with Crippen molar-refractivity contribution in [3.8, 4) is 11.1 Å². The minimum absolute atomic E-state index is 0.145. The van der Waals surface area contributed by atoms with E-state index in [9.17, 15) is 4.79 Å². The molecule has 0 radical (unpaired) electrons. The first kappa shape index (κ1) is 17.1. The van der Waals surface area contributed by atoms with Gasteiger partial charge < -0.3 is 15.0 Å². The summed E-state index contributed by atoms with van der Waals surface area (Å²) in [5.41, 5.74) is 2.87. The Kier molecular flexibility index (Phi) is 4.01. The summed E-state index contributed by atoms with van der Waals surface area (Å²) in [7, 11) is 1.91. The van der Waals surface area contributed by atoms with Crippen LogP contribution in [0.4, 0.5) is 11.6 Å². The lowest BCUT2D eigenvalue weighted by Crippen LogP contribution is -2.46. The second-order valence-corrected chi connectivity index (χ2v) is 7.54. The average Bonchev–Trinajstić information content (AvgIpc) is 3.20. The molecule has 0 saturated carbocycles. The molecule has 5 rings (SSSR count). The minimum atomic E-state index is -0.145. The molecular weight excluding hydrogens is 356 g/mol. The molecule has 2 bridgehead atoms. The zero-order valence-corrected chi connectivity index (χ0v) is 15.9. The predicted molar refractivity (Wildman–Crippen MR) is 106 cm³/mol. The average molecular weight is 378 g/mol. The molecule has 1 amide bonds. The van der Waals surface area contributed by atoms with Crippen LogP contribution in [-0.4, -0.2) is 51.0 Å². The van der Waals surface area contributed by atoms with Crippen molar-refractivity contribution in [3.63, 3.8) is 0 Å². The number of aromatic nitrogens is 4. The number of amides is 1. The highest BCUT2D eigenvalue weighted by Crippen LogP contribution is 2.40. The SMILES string of the molecule is CC(=O)Nc1cc2cc(-c3cnn(C)c3)c(N3C4CCC3COC4)nc2cn1. The Labute approximate surface area is 162 Å². The summed E-state index contributed by atoms with van der Waals surface area (Å²) in [5.74, 6) is 1.34. The Morgan fingerprint density at radius 1 is 1.21 bits per heavy atom. The van der Waals surface area contributed by atoms with Crippen molar-refractivity contribution in [1.29, 1.82) is 0 Å². The summed E-state index contributed by atoms with van der Waals surface area (Å²) in [4.78, 5) is 23.2. The summed E-state index contributed by atoms with van der Waals surface area (Å²) in [5, 5.41) is 8.02. The number of fused-ring (bicyclic) bond motifs is 3. The van der Waals surface area contributed by atoms with Gasteiger partial charge in [-0.2, -0.15) is 5.10 Å². The van der Waals surface area contributed by atoms with Crippen LogP contribution in [0.15, 0.2) is 30.7 Å². The molecule has 8 heteroatoms. The van der Waals surface area contributed by atoms with E-state index < -0.39 is 0 Å². The number of carbonyl (C=O) groups excluding carboxylic acids is 1. The molecule has 2 fully saturated rings. The zero-order valence-electron chi connectivity index (χ0n) is 15.9. The van der Waals surface area contributed by atoms with E-state index in [0.29, 0.717) is 17.9 Å².